The van der Waals surface area contributed by atoms with E-state index in [1.54, 1.807) is 0 Å². The number of hydrogen-bond donors (Lipinski definition) is 8. The Morgan fingerprint density at radius 1 is 1.10 bits per heavy atom. The molecule has 0 saturated carbocycles. The number of nitrogens with two attached hydrogens (primary N) is 1. The SMILES string of the molecule is CC(C)C[C@H](NC(=O)[C@@H](O)C(O)C(N)CC(=O)O)C(O)Cc1cccc(O)c1C(=O)O. The molecule has 11 nitrogen and oxygen atoms in total. The van der Waals surface area contributed by atoms with E-state index in [9.17, 15) is 39.9 Å². The third kappa shape index (κ3) is 7.79. The summed E-state index contributed by atoms with van der Waals surface area (Å²) in [6, 6.07) is 1.71. The maximum absolute atomic E-state index is 12.4. The van der Waals surface area contributed by atoms with Crippen molar-refractivity contribution in [2.75, 3.05) is 0 Å². The monoisotopic (exact) mass is 442 g/mol. The maximum Gasteiger partial charge on any atom is 0.339 e. The number of carbonyl (C=O) groups is 3. The Hall–Kier alpha value is -2.73. The first-order valence-electron chi connectivity index (χ1n) is 9.71. The van der Waals surface area contributed by atoms with Crippen LogP contribution in [0, 0.1) is 5.92 Å². The lowest BCUT2D eigenvalue weighted by atomic mass is 9.92. The molecule has 0 radical (unpaired) electrons. The van der Waals surface area contributed by atoms with Gasteiger partial charge in [-0.3, -0.25) is 9.59 Å². The maximum atomic E-state index is 12.4. The van der Waals surface area contributed by atoms with Gasteiger partial charge in [0.15, 0.2) is 6.10 Å². The van der Waals surface area contributed by atoms with Gasteiger partial charge in [-0.2, -0.15) is 0 Å². The summed E-state index contributed by atoms with van der Waals surface area (Å²) in [5.41, 5.74) is 5.27. The fraction of sp³-hybridized carbons (Fsp3) is 0.550. The van der Waals surface area contributed by atoms with Crippen molar-refractivity contribution in [2.24, 2.45) is 11.7 Å². The number of phenols is 1. The van der Waals surface area contributed by atoms with E-state index in [-0.39, 0.29) is 29.9 Å². The van der Waals surface area contributed by atoms with E-state index in [4.69, 9.17) is 10.8 Å². The molecule has 3 unspecified atom stereocenters. The van der Waals surface area contributed by atoms with Crippen molar-refractivity contribution in [3.05, 3.63) is 29.3 Å². The van der Waals surface area contributed by atoms with Crippen LogP contribution in [0.15, 0.2) is 18.2 Å². The lowest BCUT2D eigenvalue weighted by Crippen LogP contribution is -2.55. The van der Waals surface area contributed by atoms with Gasteiger partial charge in [-0.05, 0) is 24.0 Å². The van der Waals surface area contributed by atoms with E-state index in [0.717, 1.165) is 0 Å². The number of carboxylic acids is 2. The second kappa shape index (κ2) is 11.6. The molecule has 1 amide bonds. The lowest BCUT2D eigenvalue weighted by molar-refractivity contribution is -0.142. The number of hydrogen-bond acceptors (Lipinski definition) is 8. The number of carboxylic acid groups (broad SMARTS) is 2. The van der Waals surface area contributed by atoms with Crippen LogP contribution >= 0.6 is 0 Å². The van der Waals surface area contributed by atoms with E-state index in [1.165, 1.54) is 18.2 Å². The van der Waals surface area contributed by atoms with Crippen molar-refractivity contribution < 1.29 is 45.0 Å². The van der Waals surface area contributed by atoms with Crippen molar-refractivity contribution in [1.29, 1.82) is 0 Å². The average molecular weight is 442 g/mol. The largest absolute Gasteiger partial charge is 0.507 e. The van der Waals surface area contributed by atoms with E-state index in [1.807, 2.05) is 13.8 Å². The van der Waals surface area contributed by atoms with Crippen molar-refractivity contribution >= 4 is 17.8 Å². The standard InChI is InChI=1S/C20H30N2O9/c1-9(2)6-12(22-19(29)18(28)17(27)11(21)8-15(25)26)14(24)7-10-4-3-5-13(23)16(10)20(30)31/h3-5,9,11-12,14,17-18,23-24,27-28H,6-8,21H2,1-2H3,(H,22,29)(H,25,26)(H,30,31)/t11?,12-,14?,17?,18-/m0/s1. The predicted molar refractivity (Wildman–Crippen MR) is 108 cm³/mol. The molecule has 1 aromatic rings. The number of aliphatic hydroxyl groups excluding tert-OH is 3. The molecule has 9 N–H and O–H groups in total. The van der Waals surface area contributed by atoms with Gasteiger partial charge in [0.1, 0.15) is 17.4 Å². The summed E-state index contributed by atoms with van der Waals surface area (Å²) in [7, 11) is 0. The van der Waals surface area contributed by atoms with Crippen molar-refractivity contribution in [1.82, 2.24) is 5.32 Å². The van der Waals surface area contributed by atoms with Crippen molar-refractivity contribution in [3.63, 3.8) is 0 Å². The Kier molecular flexibility index (Phi) is 9.85. The molecule has 0 fully saturated rings. The highest BCUT2D eigenvalue weighted by atomic mass is 16.4. The van der Waals surface area contributed by atoms with Gasteiger partial charge in [0.05, 0.1) is 18.6 Å². The molecule has 0 heterocycles. The van der Waals surface area contributed by atoms with E-state index in [2.05, 4.69) is 5.32 Å². The van der Waals surface area contributed by atoms with Crippen LogP contribution in [0.2, 0.25) is 0 Å². The highest BCUT2D eigenvalue weighted by Gasteiger charge is 2.33. The number of rotatable bonds is 12. The highest BCUT2D eigenvalue weighted by molar-refractivity contribution is 5.92. The molecule has 31 heavy (non-hydrogen) atoms. The normalized spacial score (nSPS) is 16.2. The molecule has 0 bridgehead atoms. The molecular formula is C20H30N2O9. The average Bonchev–Trinajstić information content (AvgIpc) is 2.64. The second-order valence-electron chi connectivity index (χ2n) is 7.83. The third-order valence-corrected chi connectivity index (χ3v) is 4.73. The van der Waals surface area contributed by atoms with Crippen LogP contribution in [0.3, 0.4) is 0 Å². The number of aromatic hydroxyl groups is 1. The van der Waals surface area contributed by atoms with Gasteiger partial charge in [-0.25, -0.2) is 4.79 Å². The van der Waals surface area contributed by atoms with Gasteiger partial charge in [-0.1, -0.05) is 26.0 Å². The predicted octanol–water partition coefficient (Wildman–Crippen LogP) is -0.951. The molecule has 0 aliphatic carbocycles. The van der Waals surface area contributed by atoms with Crippen LogP contribution in [-0.2, 0) is 16.0 Å². The summed E-state index contributed by atoms with van der Waals surface area (Å²) in [5.74, 6) is -4.23. The Balaban J connectivity index is 2.98. The summed E-state index contributed by atoms with van der Waals surface area (Å²) >= 11 is 0. The van der Waals surface area contributed by atoms with Gasteiger partial charge in [0, 0.05) is 12.5 Å². The van der Waals surface area contributed by atoms with Crippen molar-refractivity contribution in [2.45, 2.75) is 63.5 Å². The molecule has 174 valence electrons. The molecule has 1 rings (SSSR count). The minimum absolute atomic E-state index is 0.0144. The van der Waals surface area contributed by atoms with Crippen LogP contribution in [0.4, 0.5) is 0 Å². The topological polar surface area (TPSA) is 211 Å². The molecular weight excluding hydrogens is 412 g/mol. The van der Waals surface area contributed by atoms with Crippen LogP contribution in [0.1, 0.15) is 42.6 Å². The summed E-state index contributed by atoms with van der Waals surface area (Å²) in [5, 5.41) is 60.9. The number of aromatic carboxylic acids is 1. The number of amides is 1. The van der Waals surface area contributed by atoms with Gasteiger partial charge < -0.3 is 41.7 Å². The van der Waals surface area contributed by atoms with Gasteiger partial charge in [-0.15, -0.1) is 0 Å². The van der Waals surface area contributed by atoms with Crippen LogP contribution in [0.5, 0.6) is 5.75 Å². The fourth-order valence-electron chi connectivity index (χ4n) is 3.17. The number of benzene rings is 1. The van der Waals surface area contributed by atoms with Crippen LogP contribution in [0.25, 0.3) is 0 Å². The molecule has 1 aromatic carbocycles. The van der Waals surface area contributed by atoms with E-state index < -0.39 is 60.4 Å². The molecule has 5 atom stereocenters. The fourth-order valence-corrected chi connectivity index (χ4v) is 3.17. The van der Waals surface area contributed by atoms with Gasteiger partial charge in [0.25, 0.3) is 5.91 Å². The Bertz CT molecular complexity index is 784. The van der Waals surface area contributed by atoms with E-state index in [0.29, 0.717) is 0 Å². The first-order valence-corrected chi connectivity index (χ1v) is 9.71. The molecule has 0 aromatic heterocycles. The molecule has 0 saturated heterocycles. The quantitative estimate of drug-likeness (QED) is 0.199. The molecule has 0 aliphatic rings. The molecule has 0 spiro atoms. The number of nitrogens with one attached hydrogen (secondary N) is 1. The van der Waals surface area contributed by atoms with Crippen LogP contribution in [-0.4, -0.2) is 78.9 Å². The van der Waals surface area contributed by atoms with Crippen molar-refractivity contribution in [3.8, 4) is 5.75 Å². The Labute approximate surface area is 179 Å². The number of carbonyl (C=O) groups excluding carboxylic acids is 1. The third-order valence-electron chi connectivity index (χ3n) is 4.73. The number of aliphatic carboxylic acids is 1. The first-order chi connectivity index (χ1) is 14.3. The Morgan fingerprint density at radius 3 is 2.23 bits per heavy atom. The molecule has 11 heteroatoms. The zero-order valence-electron chi connectivity index (χ0n) is 17.3. The summed E-state index contributed by atoms with van der Waals surface area (Å²) in [6.07, 6.45) is -5.81. The summed E-state index contributed by atoms with van der Waals surface area (Å²) in [4.78, 5) is 34.5. The zero-order valence-corrected chi connectivity index (χ0v) is 17.3. The minimum atomic E-state index is -2.04. The minimum Gasteiger partial charge on any atom is -0.507 e. The Morgan fingerprint density at radius 2 is 1.71 bits per heavy atom. The number of aliphatic hydroxyl groups is 3. The van der Waals surface area contributed by atoms with Gasteiger partial charge in [0.2, 0.25) is 0 Å². The van der Waals surface area contributed by atoms with Crippen LogP contribution < -0.4 is 11.1 Å². The summed E-state index contributed by atoms with van der Waals surface area (Å²) < 4.78 is 0. The summed E-state index contributed by atoms with van der Waals surface area (Å²) in [6.45, 7) is 3.63. The lowest BCUT2D eigenvalue weighted by Gasteiger charge is -2.29. The smallest absolute Gasteiger partial charge is 0.339 e. The highest BCUT2D eigenvalue weighted by Crippen LogP contribution is 2.23. The molecule has 0 aliphatic heterocycles. The van der Waals surface area contributed by atoms with Gasteiger partial charge >= 0.3 is 11.9 Å². The second-order valence-corrected chi connectivity index (χ2v) is 7.83. The van der Waals surface area contributed by atoms with E-state index >= 15 is 0 Å². The zero-order chi connectivity index (χ0) is 23.9. The first kappa shape index (κ1) is 26.3.